The molecule has 2 aromatic rings. The van der Waals surface area contributed by atoms with E-state index in [1.165, 1.54) is 18.3 Å². The van der Waals surface area contributed by atoms with E-state index >= 15 is 0 Å². The van der Waals surface area contributed by atoms with Crippen molar-refractivity contribution in [3.63, 3.8) is 0 Å². The van der Waals surface area contributed by atoms with Gasteiger partial charge in [0.05, 0.1) is 0 Å². The molecule has 0 atom stereocenters. The van der Waals surface area contributed by atoms with Crippen LogP contribution in [0.3, 0.4) is 0 Å². The molecular formula is C12H9F2IN2O3. The van der Waals surface area contributed by atoms with Gasteiger partial charge in [0.15, 0.2) is 5.82 Å². The number of aromatic nitrogens is 2. The number of benzene rings is 1. The minimum absolute atomic E-state index is 0.0212. The lowest BCUT2D eigenvalue weighted by atomic mass is 10.2. The van der Waals surface area contributed by atoms with Crippen molar-refractivity contribution in [2.24, 2.45) is 0 Å². The maximum atomic E-state index is 12.6. The van der Waals surface area contributed by atoms with Gasteiger partial charge in [0.2, 0.25) is 0 Å². The van der Waals surface area contributed by atoms with Gasteiger partial charge in [-0.2, -0.15) is 8.78 Å². The fourth-order valence-electron chi connectivity index (χ4n) is 1.57. The van der Waals surface area contributed by atoms with E-state index in [2.05, 4.69) is 4.98 Å². The molecule has 0 unspecified atom stereocenters. The zero-order chi connectivity index (χ0) is 14.7. The van der Waals surface area contributed by atoms with Crippen molar-refractivity contribution in [1.82, 2.24) is 9.55 Å². The lowest BCUT2D eigenvalue weighted by molar-refractivity contribution is 0.0623. The number of imidazole rings is 1. The van der Waals surface area contributed by atoms with E-state index < -0.39 is 12.5 Å². The first-order chi connectivity index (χ1) is 9.49. The van der Waals surface area contributed by atoms with Crippen LogP contribution in [0.15, 0.2) is 30.6 Å². The van der Waals surface area contributed by atoms with Crippen molar-refractivity contribution in [2.45, 2.75) is 13.2 Å². The third kappa shape index (κ3) is 3.24. The number of nitrogens with zero attached hydrogens (tertiary/aromatic N) is 2. The van der Waals surface area contributed by atoms with Gasteiger partial charge < -0.3 is 9.84 Å². The molecule has 0 aliphatic rings. The SMILES string of the molecule is O=C(O)c1cc(I)ccc1OCc1nccn1C(F)F. The summed E-state index contributed by atoms with van der Waals surface area (Å²) in [5.41, 5.74) is -0.0212. The van der Waals surface area contributed by atoms with Crippen LogP contribution in [0.2, 0.25) is 0 Å². The molecule has 1 N–H and O–H groups in total. The highest BCUT2D eigenvalue weighted by Gasteiger charge is 2.15. The van der Waals surface area contributed by atoms with Crippen molar-refractivity contribution in [1.29, 1.82) is 0 Å². The van der Waals surface area contributed by atoms with Gasteiger partial charge in [-0.25, -0.2) is 9.78 Å². The van der Waals surface area contributed by atoms with Gasteiger partial charge in [0.25, 0.3) is 0 Å². The molecule has 5 nitrogen and oxygen atoms in total. The predicted molar refractivity (Wildman–Crippen MR) is 73.9 cm³/mol. The topological polar surface area (TPSA) is 64.3 Å². The van der Waals surface area contributed by atoms with Gasteiger partial charge in [0, 0.05) is 16.0 Å². The first-order valence-electron chi connectivity index (χ1n) is 5.44. The third-order valence-corrected chi connectivity index (χ3v) is 3.16. The summed E-state index contributed by atoms with van der Waals surface area (Å²) in [4.78, 5) is 14.8. The number of hydrogen-bond donors (Lipinski definition) is 1. The Morgan fingerprint density at radius 1 is 1.50 bits per heavy atom. The number of carboxylic acids is 1. The molecule has 0 saturated carbocycles. The van der Waals surface area contributed by atoms with Crippen molar-refractivity contribution in [2.75, 3.05) is 0 Å². The molecule has 0 aliphatic carbocycles. The highest BCUT2D eigenvalue weighted by Crippen LogP contribution is 2.23. The third-order valence-electron chi connectivity index (χ3n) is 2.49. The van der Waals surface area contributed by atoms with Gasteiger partial charge >= 0.3 is 12.5 Å². The zero-order valence-corrected chi connectivity index (χ0v) is 12.1. The van der Waals surface area contributed by atoms with Crippen molar-refractivity contribution in [3.05, 3.63) is 45.6 Å². The number of aromatic carboxylic acids is 1. The van der Waals surface area contributed by atoms with Crippen LogP contribution in [-0.2, 0) is 6.61 Å². The molecule has 0 spiro atoms. The Bertz CT molecular complexity index is 631. The summed E-state index contributed by atoms with van der Waals surface area (Å²) in [7, 11) is 0. The Kier molecular flexibility index (Phi) is 4.53. The number of ether oxygens (including phenoxy) is 1. The summed E-state index contributed by atoms with van der Waals surface area (Å²) in [6.07, 6.45) is 2.37. The van der Waals surface area contributed by atoms with E-state index in [4.69, 9.17) is 9.84 Å². The van der Waals surface area contributed by atoms with E-state index in [1.807, 2.05) is 22.6 Å². The summed E-state index contributed by atoms with van der Waals surface area (Å²) < 4.78 is 31.9. The molecule has 1 aromatic carbocycles. The van der Waals surface area contributed by atoms with Gasteiger partial charge in [-0.15, -0.1) is 0 Å². The lowest BCUT2D eigenvalue weighted by Gasteiger charge is -2.10. The fraction of sp³-hybridized carbons (Fsp3) is 0.167. The second-order valence-electron chi connectivity index (χ2n) is 3.76. The molecular weight excluding hydrogens is 385 g/mol. The van der Waals surface area contributed by atoms with Gasteiger partial charge in [0.1, 0.15) is 17.9 Å². The molecule has 0 aliphatic heterocycles. The van der Waals surface area contributed by atoms with Gasteiger partial charge in [-0.05, 0) is 40.8 Å². The number of rotatable bonds is 5. The Labute approximate surface area is 126 Å². The molecule has 0 bridgehead atoms. The molecule has 20 heavy (non-hydrogen) atoms. The number of halogens is 3. The van der Waals surface area contributed by atoms with Crippen molar-refractivity contribution < 1.29 is 23.4 Å². The van der Waals surface area contributed by atoms with Crippen molar-refractivity contribution in [3.8, 4) is 5.75 Å². The highest BCUT2D eigenvalue weighted by atomic mass is 127. The van der Waals surface area contributed by atoms with Crippen LogP contribution in [0.5, 0.6) is 5.75 Å². The van der Waals surface area contributed by atoms with E-state index in [0.29, 0.717) is 4.57 Å². The van der Waals surface area contributed by atoms with Gasteiger partial charge in [-0.1, -0.05) is 0 Å². The monoisotopic (exact) mass is 394 g/mol. The highest BCUT2D eigenvalue weighted by molar-refractivity contribution is 14.1. The molecule has 1 heterocycles. The van der Waals surface area contributed by atoms with E-state index in [9.17, 15) is 13.6 Å². The summed E-state index contributed by atoms with van der Waals surface area (Å²) in [5, 5.41) is 9.07. The number of carboxylic acid groups (broad SMARTS) is 1. The standard InChI is InChI=1S/C12H9F2IN2O3/c13-12(14)17-4-3-16-10(17)6-20-9-2-1-7(15)5-8(9)11(18)19/h1-5,12H,6H2,(H,18,19). The quantitative estimate of drug-likeness (QED) is 0.792. The van der Waals surface area contributed by atoms with E-state index in [1.54, 1.807) is 6.07 Å². The zero-order valence-electron chi connectivity index (χ0n) is 9.96. The van der Waals surface area contributed by atoms with Crippen LogP contribution in [0.1, 0.15) is 22.7 Å². The second-order valence-corrected chi connectivity index (χ2v) is 5.01. The van der Waals surface area contributed by atoms with Crippen LogP contribution < -0.4 is 4.74 Å². The molecule has 0 radical (unpaired) electrons. The largest absolute Gasteiger partial charge is 0.485 e. The predicted octanol–water partition coefficient (Wildman–Crippen LogP) is 3.16. The Balaban J connectivity index is 2.19. The van der Waals surface area contributed by atoms with Crippen LogP contribution in [0, 0.1) is 3.57 Å². The average Bonchev–Trinajstić information content (AvgIpc) is 2.85. The minimum atomic E-state index is -2.72. The molecule has 0 amide bonds. The number of carbonyl (C=O) groups is 1. The molecule has 0 fully saturated rings. The summed E-state index contributed by atoms with van der Waals surface area (Å²) in [6, 6.07) is 4.60. The summed E-state index contributed by atoms with van der Waals surface area (Å²) in [6.45, 7) is -2.95. The fourth-order valence-corrected chi connectivity index (χ4v) is 2.06. The normalized spacial score (nSPS) is 10.8. The lowest BCUT2D eigenvalue weighted by Crippen LogP contribution is -2.09. The minimum Gasteiger partial charge on any atom is -0.485 e. The first kappa shape index (κ1) is 14.7. The molecule has 2 rings (SSSR count). The van der Waals surface area contributed by atoms with Crippen LogP contribution in [0.25, 0.3) is 0 Å². The molecule has 8 heteroatoms. The number of alkyl halides is 2. The van der Waals surface area contributed by atoms with Crippen LogP contribution in [-0.4, -0.2) is 20.6 Å². The Morgan fingerprint density at radius 2 is 2.25 bits per heavy atom. The second kappa shape index (κ2) is 6.16. The first-order valence-corrected chi connectivity index (χ1v) is 6.52. The van der Waals surface area contributed by atoms with Crippen LogP contribution in [0.4, 0.5) is 8.78 Å². The molecule has 106 valence electrons. The molecule has 0 saturated heterocycles. The maximum absolute atomic E-state index is 12.6. The van der Waals surface area contributed by atoms with E-state index in [-0.39, 0.29) is 23.7 Å². The Morgan fingerprint density at radius 3 is 2.90 bits per heavy atom. The summed E-state index contributed by atoms with van der Waals surface area (Å²) in [5.74, 6) is -1.01. The maximum Gasteiger partial charge on any atom is 0.339 e. The van der Waals surface area contributed by atoms with Crippen molar-refractivity contribution >= 4 is 28.6 Å². The molecule has 1 aromatic heterocycles. The Hall–Kier alpha value is -1.71. The van der Waals surface area contributed by atoms with Gasteiger partial charge in [-0.3, -0.25) is 4.57 Å². The van der Waals surface area contributed by atoms with E-state index in [0.717, 1.165) is 9.77 Å². The average molecular weight is 394 g/mol. The smallest absolute Gasteiger partial charge is 0.339 e. The summed E-state index contributed by atoms with van der Waals surface area (Å²) >= 11 is 1.97. The van der Waals surface area contributed by atoms with Crippen LogP contribution >= 0.6 is 22.6 Å². The number of hydrogen-bond acceptors (Lipinski definition) is 3.